The fraction of sp³-hybridized carbons (Fsp3) is 0.292. The lowest BCUT2D eigenvalue weighted by atomic mass is 9.95. The molecule has 1 fully saturated rings. The van der Waals surface area contributed by atoms with Crippen molar-refractivity contribution in [2.24, 2.45) is 5.92 Å². The fourth-order valence-electron chi connectivity index (χ4n) is 3.83. The van der Waals surface area contributed by atoms with Crippen molar-refractivity contribution in [1.82, 2.24) is 15.3 Å². The second-order valence-corrected chi connectivity index (χ2v) is 8.61. The summed E-state index contributed by atoms with van der Waals surface area (Å²) in [6.45, 7) is 1.91. The predicted molar refractivity (Wildman–Crippen MR) is 130 cm³/mol. The summed E-state index contributed by atoms with van der Waals surface area (Å²) in [5.74, 6) is 1.48. The van der Waals surface area contributed by atoms with E-state index in [2.05, 4.69) is 25.5 Å². The standard InChI is InChI=1S/C24H25Cl2N5O/c1-27-24-29-21(16-5-3-2-4-6-16)14-22(30-24)31-11-9-17(10-12-31)23(32)28-15-18-7-8-19(25)13-20(18)26/h2-8,13-14,17H,9-12,15H2,1H3,(H,28,32)(H,27,29,30). The van der Waals surface area contributed by atoms with Crippen molar-refractivity contribution >= 4 is 40.9 Å². The Morgan fingerprint density at radius 3 is 2.50 bits per heavy atom. The SMILES string of the molecule is CNc1nc(-c2ccccc2)cc(N2CCC(C(=O)NCc3ccc(Cl)cc3Cl)CC2)n1. The van der Waals surface area contributed by atoms with E-state index in [1.165, 1.54) is 0 Å². The van der Waals surface area contributed by atoms with Crippen LogP contribution in [0.3, 0.4) is 0 Å². The lowest BCUT2D eigenvalue weighted by Gasteiger charge is -2.32. The Hall–Kier alpha value is -2.83. The molecule has 8 heteroatoms. The number of carbonyl (C=O) groups is 1. The molecule has 3 aromatic rings. The highest BCUT2D eigenvalue weighted by Crippen LogP contribution is 2.27. The summed E-state index contributed by atoms with van der Waals surface area (Å²) in [4.78, 5) is 24.2. The maximum Gasteiger partial charge on any atom is 0.224 e. The molecular formula is C24H25Cl2N5O. The average Bonchev–Trinajstić information content (AvgIpc) is 2.83. The van der Waals surface area contributed by atoms with Crippen LogP contribution in [-0.4, -0.2) is 36.0 Å². The molecule has 0 radical (unpaired) electrons. The van der Waals surface area contributed by atoms with Crippen LogP contribution in [0.25, 0.3) is 11.3 Å². The number of hydrogen-bond acceptors (Lipinski definition) is 5. The monoisotopic (exact) mass is 469 g/mol. The maximum atomic E-state index is 12.7. The fourth-order valence-corrected chi connectivity index (χ4v) is 4.30. The molecule has 1 saturated heterocycles. The molecule has 4 rings (SSSR count). The van der Waals surface area contributed by atoms with Gasteiger partial charge in [-0.3, -0.25) is 4.79 Å². The van der Waals surface area contributed by atoms with E-state index in [9.17, 15) is 4.79 Å². The van der Waals surface area contributed by atoms with Crippen LogP contribution in [0, 0.1) is 5.92 Å². The van der Waals surface area contributed by atoms with E-state index >= 15 is 0 Å². The van der Waals surface area contributed by atoms with Gasteiger partial charge < -0.3 is 15.5 Å². The Balaban J connectivity index is 1.38. The highest BCUT2D eigenvalue weighted by Gasteiger charge is 2.26. The number of halogens is 2. The molecule has 1 aliphatic rings. The normalized spacial score (nSPS) is 14.3. The Morgan fingerprint density at radius 1 is 1.06 bits per heavy atom. The number of rotatable bonds is 6. The summed E-state index contributed by atoms with van der Waals surface area (Å²) in [6, 6.07) is 17.4. The minimum atomic E-state index is -0.0310. The van der Waals surface area contributed by atoms with Gasteiger partial charge in [-0.05, 0) is 30.5 Å². The van der Waals surface area contributed by atoms with Gasteiger partial charge in [-0.1, -0.05) is 59.6 Å². The van der Waals surface area contributed by atoms with Gasteiger partial charge in [0, 0.05) is 54.3 Å². The van der Waals surface area contributed by atoms with Gasteiger partial charge in [0.25, 0.3) is 0 Å². The largest absolute Gasteiger partial charge is 0.357 e. The second-order valence-electron chi connectivity index (χ2n) is 7.77. The van der Waals surface area contributed by atoms with E-state index < -0.39 is 0 Å². The summed E-state index contributed by atoms with van der Waals surface area (Å²) >= 11 is 12.1. The Labute approximate surface area is 198 Å². The first-order valence-corrected chi connectivity index (χ1v) is 11.4. The van der Waals surface area contributed by atoms with E-state index in [0.717, 1.165) is 48.6 Å². The summed E-state index contributed by atoms with van der Waals surface area (Å²) < 4.78 is 0. The van der Waals surface area contributed by atoms with Gasteiger partial charge in [0.1, 0.15) is 5.82 Å². The molecule has 1 aliphatic heterocycles. The number of piperidine rings is 1. The van der Waals surface area contributed by atoms with Gasteiger partial charge in [-0.15, -0.1) is 0 Å². The molecule has 0 atom stereocenters. The van der Waals surface area contributed by atoms with E-state index in [1.54, 1.807) is 12.1 Å². The first-order chi connectivity index (χ1) is 15.5. The number of carbonyl (C=O) groups excluding carboxylic acids is 1. The number of amides is 1. The van der Waals surface area contributed by atoms with Gasteiger partial charge in [-0.2, -0.15) is 4.98 Å². The molecule has 0 aliphatic carbocycles. The molecule has 0 spiro atoms. The van der Waals surface area contributed by atoms with E-state index in [1.807, 2.05) is 49.5 Å². The van der Waals surface area contributed by atoms with E-state index in [4.69, 9.17) is 23.2 Å². The topological polar surface area (TPSA) is 70.2 Å². The number of anilines is 2. The highest BCUT2D eigenvalue weighted by molar-refractivity contribution is 6.35. The molecule has 166 valence electrons. The lowest BCUT2D eigenvalue weighted by Crippen LogP contribution is -2.40. The molecule has 0 saturated carbocycles. The molecule has 6 nitrogen and oxygen atoms in total. The van der Waals surface area contributed by atoms with Crippen molar-refractivity contribution in [3.05, 3.63) is 70.2 Å². The first-order valence-electron chi connectivity index (χ1n) is 10.6. The van der Waals surface area contributed by atoms with Gasteiger partial charge >= 0.3 is 0 Å². The third-order valence-corrected chi connectivity index (χ3v) is 6.25. The van der Waals surface area contributed by atoms with E-state index in [-0.39, 0.29) is 11.8 Å². The van der Waals surface area contributed by atoms with Crippen molar-refractivity contribution in [2.75, 3.05) is 30.4 Å². The summed E-state index contributed by atoms with van der Waals surface area (Å²) in [5.41, 5.74) is 2.78. The summed E-state index contributed by atoms with van der Waals surface area (Å²) in [5, 5.41) is 7.21. The van der Waals surface area contributed by atoms with Crippen LogP contribution in [0.2, 0.25) is 10.0 Å². The molecule has 1 aromatic heterocycles. The smallest absolute Gasteiger partial charge is 0.224 e. The van der Waals surface area contributed by atoms with Gasteiger partial charge in [0.05, 0.1) is 5.69 Å². The van der Waals surface area contributed by atoms with Crippen LogP contribution in [0.15, 0.2) is 54.6 Å². The molecule has 32 heavy (non-hydrogen) atoms. The van der Waals surface area contributed by atoms with E-state index in [0.29, 0.717) is 22.5 Å². The second kappa shape index (κ2) is 10.2. The molecule has 2 N–H and O–H groups in total. The zero-order valence-electron chi connectivity index (χ0n) is 17.8. The average molecular weight is 470 g/mol. The third-order valence-electron chi connectivity index (χ3n) is 5.66. The zero-order chi connectivity index (χ0) is 22.5. The number of aromatic nitrogens is 2. The molecule has 0 bridgehead atoms. The van der Waals surface area contributed by atoms with Crippen molar-refractivity contribution in [2.45, 2.75) is 19.4 Å². The maximum absolute atomic E-state index is 12.7. The van der Waals surface area contributed by atoms with Crippen LogP contribution in [-0.2, 0) is 11.3 Å². The van der Waals surface area contributed by atoms with Crippen molar-refractivity contribution < 1.29 is 4.79 Å². The molecule has 2 heterocycles. The number of hydrogen-bond donors (Lipinski definition) is 2. The van der Waals surface area contributed by atoms with Crippen LogP contribution in [0.1, 0.15) is 18.4 Å². The molecule has 0 unspecified atom stereocenters. The molecular weight excluding hydrogens is 445 g/mol. The predicted octanol–water partition coefficient (Wildman–Crippen LogP) is 5.02. The molecule has 2 aromatic carbocycles. The lowest BCUT2D eigenvalue weighted by molar-refractivity contribution is -0.125. The number of nitrogens with one attached hydrogen (secondary N) is 2. The Morgan fingerprint density at radius 2 is 1.81 bits per heavy atom. The van der Waals surface area contributed by atoms with Crippen LogP contribution < -0.4 is 15.5 Å². The van der Waals surface area contributed by atoms with Crippen LogP contribution in [0.5, 0.6) is 0 Å². The van der Waals surface area contributed by atoms with Crippen LogP contribution >= 0.6 is 23.2 Å². The van der Waals surface area contributed by atoms with Crippen molar-refractivity contribution in [1.29, 1.82) is 0 Å². The summed E-state index contributed by atoms with van der Waals surface area (Å²) in [6.07, 6.45) is 1.53. The highest BCUT2D eigenvalue weighted by atomic mass is 35.5. The van der Waals surface area contributed by atoms with Gasteiger partial charge in [0.15, 0.2) is 0 Å². The minimum absolute atomic E-state index is 0.0310. The number of benzene rings is 2. The van der Waals surface area contributed by atoms with Gasteiger partial charge in [-0.25, -0.2) is 4.98 Å². The minimum Gasteiger partial charge on any atom is -0.357 e. The molecule has 1 amide bonds. The summed E-state index contributed by atoms with van der Waals surface area (Å²) in [7, 11) is 1.82. The quantitative estimate of drug-likeness (QED) is 0.529. The third kappa shape index (κ3) is 5.31. The first kappa shape index (κ1) is 22.4. The Bertz CT molecular complexity index is 1090. The Kier molecular flexibility index (Phi) is 7.12. The number of nitrogens with zero attached hydrogens (tertiary/aromatic N) is 3. The van der Waals surface area contributed by atoms with Crippen molar-refractivity contribution in [3.63, 3.8) is 0 Å². The zero-order valence-corrected chi connectivity index (χ0v) is 19.3. The van der Waals surface area contributed by atoms with Crippen molar-refractivity contribution in [3.8, 4) is 11.3 Å². The van der Waals surface area contributed by atoms with Crippen LogP contribution in [0.4, 0.5) is 11.8 Å². The van der Waals surface area contributed by atoms with Gasteiger partial charge in [0.2, 0.25) is 11.9 Å².